The van der Waals surface area contributed by atoms with Gasteiger partial charge in [-0.3, -0.25) is 4.79 Å². The molecule has 0 spiro atoms. The SMILES string of the molecule is COc1ccccc1N1CCN(C(=O)c2cc(OC)c(OC)c(OC)c2)CC1. The van der Waals surface area contributed by atoms with Crippen LogP contribution in [0.3, 0.4) is 0 Å². The van der Waals surface area contributed by atoms with Gasteiger partial charge in [-0.25, -0.2) is 0 Å². The van der Waals surface area contributed by atoms with Gasteiger partial charge in [0, 0.05) is 31.7 Å². The van der Waals surface area contributed by atoms with Gasteiger partial charge >= 0.3 is 0 Å². The lowest BCUT2D eigenvalue weighted by atomic mass is 10.1. The third-order valence-electron chi connectivity index (χ3n) is 4.90. The summed E-state index contributed by atoms with van der Waals surface area (Å²) >= 11 is 0. The first kappa shape index (κ1) is 19.7. The molecule has 28 heavy (non-hydrogen) atoms. The smallest absolute Gasteiger partial charge is 0.254 e. The van der Waals surface area contributed by atoms with Crippen LogP contribution >= 0.6 is 0 Å². The topological polar surface area (TPSA) is 60.5 Å². The molecule has 2 aromatic carbocycles. The van der Waals surface area contributed by atoms with Gasteiger partial charge in [-0.1, -0.05) is 12.1 Å². The van der Waals surface area contributed by atoms with Crippen LogP contribution in [0.2, 0.25) is 0 Å². The summed E-state index contributed by atoms with van der Waals surface area (Å²) in [6, 6.07) is 11.3. The highest BCUT2D eigenvalue weighted by Gasteiger charge is 2.25. The maximum absolute atomic E-state index is 13.0. The number of anilines is 1. The van der Waals surface area contributed by atoms with E-state index in [1.165, 1.54) is 14.2 Å². The van der Waals surface area contributed by atoms with Gasteiger partial charge in [0.1, 0.15) is 5.75 Å². The number of hydrogen-bond acceptors (Lipinski definition) is 6. The van der Waals surface area contributed by atoms with E-state index in [0.29, 0.717) is 35.9 Å². The van der Waals surface area contributed by atoms with Gasteiger partial charge in [-0.15, -0.1) is 0 Å². The van der Waals surface area contributed by atoms with Gasteiger partial charge in [0.25, 0.3) is 5.91 Å². The van der Waals surface area contributed by atoms with Crippen molar-refractivity contribution in [2.75, 3.05) is 59.5 Å². The molecule has 1 saturated heterocycles. The molecule has 1 aliphatic heterocycles. The van der Waals surface area contributed by atoms with Crippen molar-refractivity contribution in [1.29, 1.82) is 0 Å². The Morgan fingerprint density at radius 3 is 1.89 bits per heavy atom. The quantitative estimate of drug-likeness (QED) is 0.761. The van der Waals surface area contributed by atoms with Crippen molar-refractivity contribution in [3.05, 3.63) is 42.0 Å². The molecular weight excluding hydrogens is 360 g/mol. The van der Waals surface area contributed by atoms with Crippen molar-refractivity contribution in [3.8, 4) is 23.0 Å². The summed E-state index contributed by atoms with van der Waals surface area (Å²) in [5, 5.41) is 0. The summed E-state index contributed by atoms with van der Waals surface area (Å²) in [5.74, 6) is 2.20. The number of hydrogen-bond donors (Lipinski definition) is 0. The molecule has 0 bridgehead atoms. The van der Waals surface area contributed by atoms with E-state index >= 15 is 0 Å². The minimum Gasteiger partial charge on any atom is -0.495 e. The molecular formula is C21H26N2O5. The van der Waals surface area contributed by atoms with Crippen molar-refractivity contribution in [2.45, 2.75) is 0 Å². The molecule has 3 rings (SSSR count). The lowest BCUT2D eigenvalue weighted by Gasteiger charge is -2.36. The highest BCUT2D eigenvalue weighted by Crippen LogP contribution is 2.38. The minimum absolute atomic E-state index is 0.0565. The number of piperazine rings is 1. The van der Waals surface area contributed by atoms with E-state index in [-0.39, 0.29) is 5.91 Å². The second kappa shape index (κ2) is 8.73. The molecule has 150 valence electrons. The van der Waals surface area contributed by atoms with Crippen molar-refractivity contribution in [3.63, 3.8) is 0 Å². The number of amides is 1. The summed E-state index contributed by atoms with van der Waals surface area (Å²) in [5.41, 5.74) is 1.56. The Balaban J connectivity index is 1.75. The molecule has 1 aliphatic rings. The second-order valence-electron chi connectivity index (χ2n) is 6.37. The molecule has 0 aliphatic carbocycles. The van der Waals surface area contributed by atoms with Gasteiger partial charge in [0.2, 0.25) is 5.75 Å². The van der Waals surface area contributed by atoms with Crippen LogP contribution in [-0.2, 0) is 0 Å². The Morgan fingerprint density at radius 2 is 1.36 bits per heavy atom. The van der Waals surface area contributed by atoms with Crippen molar-refractivity contribution in [1.82, 2.24) is 4.90 Å². The maximum Gasteiger partial charge on any atom is 0.254 e. The molecule has 7 heteroatoms. The highest BCUT2D eigenvalue weighted by atomic mass is 16.5. The summed E-state index contributed by atoms with van der Waals surface area (Å²) < 4.78 is 21.5. The zero-order chi connectivity index (χ0) is 20.1. The van der Waals surface area contributed by atoms with Crippen LogP contribution < -0.4 is 23.8 Å². The van der Waals surface area contributed by atoms with Gasteiger partial charge < -0.3 is 28.7 Å². The Bertz CT molecular complexity index is 806. The predicted octanol–water partition coefficient (Wildman–Crippen LogP) is 2.68. The van der Waals surface area contributed by atoms with Gasteiger partial charge in [-0.05, 0) is 24.3 Å². The van der Waals surface area contributed by atoms with Crippen LogP contribution in [0.4, 0.5) is 5.69 Å². The van der Waals surface area contributed by atoms with Crippen molar-refractivity contribution >= 4 is 11.6 Å². The fourth-order valence-corrected chi connectivity index (χ4v) is 3.43. The number of ether oxygens (including phenoxy) is 4. The first-order chi connectivity index (χ1) is 13.6. The average molecular weight is 386 g/mol. The summed E-state index contributed by atoms with van der Waals surface area (Å²) in [6.45, 7) is 2.70. The third-order valence-corrected chi connectivity index (χ3v) is 4.90. The van der Waals surface area contributed by atoms with Crippen molar-refractivity contribution < 1.29 is 23.7 Å². The molecule has 0 radical (unpaired) electrons. The fraction of sp³-hybridized carbons (Fsp3) is 0.381. The molecule has 0 N–H and O–H groups in total. The minimum atomic E-state index is -0.0565. The van der Waals surface area contributed by atoms with E-state index in [1.807, 2.05) is 29.2 Å². The summed E-state index contributed by atoms with van der Waals surface area (Å²) in [4.78, 5) is 17.1. The molecule has 2 aromatic rings. The predicted molar refractivity (Wildman–Crippen MR) is 107 cm³/mol. The Labute approximate surface area is 165 Å². The lowest BCUT2D eigenvalue weighted by molar-refractivity contribution is 0.0746. The molecule has 1 amide bonds. The molecule has 1 heterocycles. The molecule has 0 saturated carbocycles. The average Bonchev–Trinajstić information content (AvgIpc) is 2.77. The van der Waals surface area contributed by atoms with E-state index in [4.69, 9.17) is 18.9 Å². The zero-order valence-electron chi connectivity index (χ0n) is 16.7. The van der Waals surface area contributed by atoms with E-state index in [2.05, 4.69) is 4.90 Å². The van der Waals surface area contributed by atoms with Gasteiger partial charge in [0.15, 0.2) is 11.5 Å². The highest BCUT2D eigenvalue weighted by molar-refractivity contribution is 5.96. The third kappa shape index (κ3) is 3.78. The van der Waals surface area contributed by atoms with Crippen LogP contribution in [0.1, 0.15) is 10.4 Å². The maximum atomic E-state index is 13.0. The van der Waals surface area contributed by atoms with E-state index in [9.17, 15) is 4.79 Å². The normalized spacial score (nSPS) is 13.9. The Hall–Kier alpha value is -3.09. The largest absolute Gasteiger partial charge is 0.495 e. The molecule has 0 aromatic heterocycles. The van der Waals surface area contributed by atoms with Crippen molar-refractivity contribution in [2.24, 2.45) is 0 Å². The van der Waals surface area contributed by atoms with Crippen LogP contribution in [0.5, 0.6) is 23.0 Å². The molecule has 0 atom stereocenters. The van der Waals surface area contributed by atoms with Crippen LogP contribution in [-0.4, -0.2) is 65.4 Å². The number of para-hydroxylation sites is 2. The second-order valence-corrected chi connectivity index (χ2v) is 6.37. The summed E-state index contributed by atoms with van der Waals surface area (Å²) in [7, 11) is 6.29. The first-order valence-electron chi connectivity index (χ1n) is 9.10. The van der Waals surface area contributed by atoms with E-state index in [0.717, 1.165) is 24.5 Å². The number of rotatable bonds is 6. The number of methoxy groups -OCH3 is 4. The van der Waals surface area contributed by atoms with Gasteiger partial charge in [-0.2, -0.15) is 0 Å². The number of carbonyl (C=O) groups is 1. The van der Waals surface area contributed by atoms with E-state index in [1.54, 1.807) is 26.4 Å². The Kier molecular flexibility index (Phi) is 6.13. The molecule has 1 fully saturated rings. The summed E-state index contributed by atoms with van der Waals surface area (Å²) in [6.07, 6.45) is 0. The van der Waals surface area contributed by atoms with Crippen LogP contribution in [0.25, 0.3) is 0 Å². The van der Waals surface area contributed by atoms with E-state index < -0.39 is 0 Å². The number of nitrogens with zero attached hydrogens (tertiary/aromatic N) is 2. The monoisotopic (exact) mass is 386 g/mol. The molecule has 7 nitrogen and oxygen atoms in total. The van der Waals surface area contributed by atoms with Crippen LogP contribution in [0.15, 0.2) is 36.4 Å². The zero-order valence-corrected chi connectivity index (χ0v) is 16.7. The first-order valence-corrected chi connectivity index (χ1v) is 9.10. The number of benzene rings is 2. The fourth-order valence-electron chi connectivity index (χ4n) is 3.43. The molecule has 0 unspecified atom stereocenters. The Morgan fingerprint density at radius 1 is 0.786 bits per heavy atom. The number of carbonyl (C=O) groups excluding carboxylic acids is 1. The van der Waals surface area contributed by atoms with Gasteiger partial charge in [0.05, 0.1) is 34.1 Å². The lowest BCUT2D eigenvalue weighted by Crippen LogP contribution is -2.48. The standard InChI is InChI=1S/C21H26N2O5/c1-25-17-8-6-5-7-16(17)22-9-11-23(12-10-22)21(24)15-13-18(26-2)20(28-4)19(14-15)27-3/h5-8,13-14H,9-12H2,1-4H3. The van der Waals surface area contributed by atoms with Crippen LogP contribution in [0, 0.1) is 0 Å².